The van der Waals surface area contributed by atoms with Gasteiger partial charge in [-0.05, 0) is 38.5 Å². The molecular weight excluding hydrogens is 751 g/mol. The summed E-state index contributed by atoms with van der Waals surface area (Å²) < 4.78 is 0. The Labute approximate surface area is 382 Å². The highest BCUT2D eigenvalue weighted by atomic mass is 16.3. The summed E-state index contributed by atoms with van der Waals surface area (Å²) in [5.74, 6) is -0.277. The molecule has 0 aromatic heterocycles. The number of aliphatic hydroxyl groups is 3. The number of nitrogens with one attached hydrogen (secondary N) is 1. The Morgan fingerprint density at radius 2 is 0.656 bits per heavy atom. The van der Waals surface area contributed by atoms with Gasteiger partial charge in [-0.15, -0.1) is 0 Å². The summed E-state index contributed by atoms with van der Waals surface area (Å²) in [6.45, 7) is 4.30. The fourth-order valence-electron chi connectivity index (χ4n) is 9.05. The van der Waals surface area contributed by atoms with Gasteiger partial charge in [0.2, 0.25) is 5.91 Å². The Morgan fingerprint density at radius 3 is 0.951 bits per heavy atom. The van der Waals surface area contributed by atoms with Crippen molar-refractivity contribution in [1.29, 1.82) is 0 Å². The van der Waals surface area contributed by atoms with E-state index in [4.69, 9.17) is 0 Å². The summed E-state index contributed by atoms with van der Waals surface area (Å²) in [5, 5.41) is 33.6. The highest BCUT2D eigenvalue weighted by molar-refractivity contribution is 5.76. The topological polar surface area (TPSA) is 89.8 Å². The van der Waals surface area contributed by atoms with E-state index in [1.807, 2.05) is 0 Å². The monoisotopic (exact) mass is 862 g/mol. The molecule has 0 aliphatic heterocycles. The van der Waals surface area contributed by atoms with E-state index in [9.17, 15) is 20.1 Å². The predicted octanol–water partition coefficient (Wildman–Crippen LogP) is 17.1. The maximum atomic E-state index is 12.5. The Bertz CT molecular complexity index is 864. The maximum absolute atomic E-state index is 12.5. The number of unbranched alkanes of at least 4 members (excludes halogenated alkanes) is 41. The number of carbonyl (C=O) groups excluding carboxylic acids is 1. The van der Waals surface area contributed by atoms with Crippen LogP contribution < -0.4 is 5.32 Å². The van der Waals surface area contributed by atoms with Crippen LogP contribution in [0.1, 0.15) is 316 Å². The molecule has 1 amide bonds. The van der Waals surface area contributed by atoms with Gasteiger partial charge in [-0.2, -0.15) is 0 Å². The Hall–Kier alpha value is -0.910. The molecule has 3 unspecified atom stereocenters. The van der Waals surface area contributed by atoms with Crippen LogP contribution in [0.25, 0.3) is 0 Å². The third-order valence-corrected chi connectivity index (χ3v) is 13.3. The fourth-order valence-corrected chi connectivity index (χ4v) is 9.05. The van der Waals surface area contributed by atoms with Gasteiger partial charge in [0, 0.05) is 0 Å². The SMILES string of the molecule is CCCCCCCCCCCCCC/C=C\CCCCCCCCCCCCCCCC(O)CC(=O)NC(CO)C(O)CCCCCCCCCCCCCCCCCCC. The molecule has 0 radical (unpaired) electrons. The van der Waals surface area contributed by atoms with Crippen LogP contribution >= 0.6 is 0 Å². The van der Waals surface area contributed by atoms with Crippen LogP contribution in [0.4, 0.5) is 0 Å². The van der Waals surface area contributed by atoms with E-state index in [0.717, 1.165) is 25.7 Å². The third kappa shape index (κ3) is 48.4. The highest BCUT2D eigenvalue weighted by Gasteiger charge is 2.21. The molecule has 0 bridgehead atoms. The van der Waals surface area contributed by atoms with Crippen LogP contribution in [0, 0.1) is 0 Å². The van der Waals surface area contributed by atoms with Crippen molar-refractivity contribution in [3.8, 4) is 0 Å². The van der Waals surface area contributed by atoms with Gasteiger partial charge >= 0.3 is 0 Å². The average molecular weight is 863 g/mol. The largest absolute Gasteiger partial charge is 0.394 e. The second-order valence-electron chi connectivity index (χ2n) is 19.6. The molecule has 4 N–H and O–H groups in total. The Kier molecular flexibility index (Phi) is 51.0. The van der Waals surface area contributed by atoms with Crippen LogP contribution in [0.3, 0.4) is 0 Å². The van der Waals surface area contributed by atoms with E-state index >= 15 is 0 Å². The van der Waals surface area contributed by atoms with Crippen LogP contribution in [0.15, 0.2) is 12.2 Å². The van der Waals surface area contributed by atoms with Gasteiger partial charge in [-0.3, -0.25) is 4.79 Å². The molecule has 61 heavy (non-hydrogen) atoms. The number of rotatable bonds is 52. The number of hydrogen-bond donors (Lipinski definition) is 4. The molecule has 5 nitrogen and oxygen atoms in total. The van der Waals surface area contributed by atoms with Crippen molar-refractivity contribution >= 4 is 5.91 Å². The van der Waals surface area contributed by atoms with Crippen molar-refractivity contribution in [3.05, 3.63) is 12.2 Å². The number of amides is 1. The molecule has 0 aliphatic rings. The second kappa shape index (κ2) is 51.7. The molecule has 3 atom stereocenters. The molecule has 0 rings (SSSR count). The van der Waals surface area contributed by atoms with Crippen molar-refractivity contribution in [2.24, 2.45) is 0 Å². The lowest BCUT2D eigenvalue weighted by atomic mass is 10.0. The van der Waals surface area contributed by atoms with Crippen molar-refractivity contribution in [1.82, 2.24) is 5.32 Å². The van der Waals surface area contributed by atoms with Gasteiger partial charge in [0.25, 0.3) is 0 Å². The lowest BCUT2D eigenvalue weighted by molar-refractivity contribution is -0.125. The van der Waals surface area contributed by atoms with Crippen LogP contribution in [-0.4, -0.2) is 46.1 Å². The van der Waals surface area contributed by atoms with E-state index < -0.39 is 18.2 Å². The molecule has 0 fully saturated rings. The smallest absolute Gasteiger partial charge is 0.222 e. The lowest BCUT2D eigenvalue weighted by Gasteiger charge is -2.23. The third-order valence-electron chi connectivity index (χ3n) is 13.3. The minimum atomic E-state index is -0.747. The maximum Gasteiger partial charge on any atom is 0.222 e. The van der Waals surface area contributed by atoms with Crippen LogP contribution in [-0.2, 0) is 4.79 Å². The van der Waals surface area contributed by atoms with Crippen LogP contribution in [0.2, 0.25) is 0 Å². The Balaban J connectivity index is 3.49. The van der Waals surface area contributed by atoms with Gasteiger partial charge < -0.3 is 20.6 Å². The second-order valence-corrected chi connectivity index (χ2v) is 19.6. The predicted molar refractivity (Wildman–Crippen MR) is 269 cm³/mol. The van der Waals surface area contributed by atoms with Gasteiger partial charge in [0.05, 0.1) is 31.3 Å². The molecule has 364 valence electrons. The summed E-state index contributed by atoms with van der Waals surface area (Å²) in [6, 6.07) is -0.656. The average Bonchev–Trinajstić information content (AvgIpc) is 3.25. The summed E-state index contributed by atoms with van der Waals surface area (Å²) in [7, 11) is 0. The molecule has 0 aromatic rings. The number of aliphatic hydroxyl groups excluding tert-OH is 3. The summed E-state index contributed by atoms with van der Waals surface area (Å²) >= 11 is 0. The molecule has 0 spiro atoms. The first-order valence-corrected chi connectivity index (χ1v) is 28.0. The minimum absolute atomic E-state index is 0.0406. The van der Waals surface area contributed by atoms with Crippen molar-refractivity contribution in [3.63, 3.8) is 0 Å². The molecule has 0 saturated heterocycles. The molecule has 0 aliphatic carbocycles. The highest BCUT2D eigenvalue weighted by Crippen LogP contribution is 2.18. The van der Waals surface area contributed by atoms with Gasteiger partial charge in [-0.25, -0.2) is 0 Å². The van der Waals surface area contributed by atoms with E-state index in [2.05, 4.69) is 31.3 Å². The zero-order valence-corrected chi connectivity index (χ0v) is 41.6. The minimum Gasteiger partial charge on any atom is -0.394 e. The molecule has 0 aromatic carbocycles. The van der Waals surface area contributed by atoms with E-state index in [-0.39, 0.29) is 18.9 Å². The van der Waals surface area contributed by atoms with Gasteiger partial charge in [0.1, 0.15) is 0 Å². The first-order valence-electron chi connectivity index (χ1n) is 28.0. The van der Waals surface area contributed by atoms with E-state index in [1.165, 1.54) is 257 Å². The molecular formula is C56H111NO4. The lowest BCUT2D eigenvalue weighted by Crippen LogP contribution is -2.46. The van der Waals surface area contributed by atoms with E-state index in [1.54, 1.807) is 0 Å². The first-order chi connectivity index (χ1) is 30.0. The number of allylic oxidation sites excluding steroid dienone is 2. The van der Waals surface area contributed by atoms with Gasteiger partial charge in [-0.1, -0.05) is 283 Å². The standard InChI is InChI=1S/C56H111NO4/c1-3-5-7-9-11-13-15-17-19-21-22-23-24-25-26-27-28-29-30-31-32-34-35-37-39-41-43-45-47-49-53(59)51-56(61)57-54(52-58)55(60)50-48-46-44-42-40-38-36-33-20-18-16-14-12-10-8-6-4-2/h25-26,53-55,58-60H,3-24,27-52H2,1-2H3,(H,57,61)/b26-25-. The summed E-state index contributed by atoms with van der Waals surface area (Å²) in [5.41, 5.74) is 0. The fraction of sp³-hybridized carbons (Fsp3) is 0.946. The van der Waals surface area contributed by atoms with Crippen LogP contribution in [0.5, 0.6) is 0 Å². The summed E-state index contributed by atoms with van der Waals surface area (Å²) in [4.78, 5) is 12.5. The Morgan fingerprint density at radius 1 is 0.393 bits per heavy atom. The zero-order valence-electron chi connectivity index (χ0n) is 41.6. The zero-order chi connectivity index (χ0) is 44.4. The van der Waals surface area contributed by atoms with E-state index in [0.29, 0.717) is 12.8 Å². The quantitative estimate of drug-likeness (QED) is 0.0362. The van der Waals surface area contributed by atoms with Crippen molar-refractivity contribution in [2.75, 3.05) is 6.61 Å². The van der Waals surface area contributed by atoms with Crippen molar-refractivity contribution < 1.29 is 20.1 Å². The van der Waals surface area contributed by atoms with Gasteiger partial charge in [0.15, 0.2) is 0 Å². The molecule has 5 heteroatoms. The number of hydrogen-bond acceptors (Lipinski definition) is 4. The normalized spacial score (nSPS) is 13.3. The summed E-state index contributed by atoms with van der Waals surface area (Å²) in [6.07, 6.45) is 63.7. The molecule has 0 saturated carbocycles. The molecule has 0 heterocycles. The van der Waals surface area contributed by atoms with Crippen molar-refractivity contribution in [2.45, 2.75) is 334 Å². The number of carbonyl (C=O) groups is 1. The first kappa shape index (κ1) is 60.1.